The molecule has 0 spiro atoms. The molecule has 5 heteroatoms. The Morgan fingerprint density at radius 3 is 2.08 bits per heavy atom. The molecule has 24 heavy (non-hydrogen) atoms. The molecule has 0 aromatic carbocycles. The van der Waals surface area contributed by atoms with Gasteiger partial charge in [-0.3, -0.25) is 4.79 Å². The molecular weight excluding hydrogens is 306 g/mol. The molecule has 0 saturated carbocycles. The topological polar surface area (TPSA) is 64.6 Å². The van der Waals surface area contributed by atoms with Crippen molar-refractivity contribution in [3.05, 3.63) is 0 Å². The van der Waals surface area contributed by atoms with Gasteiger partial charge in [0.15, 0.2) is 0 Å². The van der Waals surface area contributed by atoms with Gasteiger partial charge in [-0.15, -0.1) is 0 Å². The molecule has 0 aliphatic heterocycles. The quantitative estimate of drug-likeness (QED) is 0.317. The van der Waals surface area contributed by atoms with Crippen molar-refractivity contribution >= 4 is 12.1 Å². The van der Waals surface area contributed by atoms with Gasteiger partial charge in [0.1, 0.15) is 0 Å². The Hall–Kier alpha value is -1.26. The van der Waals surface area contributed by atoms with Gasteiger partial charge >= 0.3 is 12.1 Å². The van der Waals surface area contributed by atoms with Crippen LogP contribution in [-0.4, -0.2) is 31.8 Å². The first-order valence-electron chi connectivity index (χ1n) is 9.77. The minimum Gasteiger partial charge on any atom is -0.466 e. The first kappa shape index (κ1) is 22.7. The van der Waals surface area contributed by atoms with Gasteiger partial charge in [-0.2, -0.15) is 0 Å². The summed E-state index contributed by atoms with van der Waals surface area (Å²) < 4.78 is 10.2. The van der Waals surface area contributed by atoms with Gasteiger partial charge in [-0.05, 0) is 25.7 Å². The molecule has 0 rings (SSSR count). The fourth-order valence-electron chi connectivity index (χ4n) is 2.26. The highest BCUT2D eigenvalue weighted by Crippen LogP contribution is 2.06. The van der Waals surface area contributed by atoms with Gasteiger partial charge in [0.05, 0.1) is 13.2 Å². The van der Waals surface area contributed by atoms with Crippen LogP contribution in [0, 0.1) is 0 Å². The molecule has 0 heterocycles. The lowest BCUT2D eigenvalue weighted by molar-refractivity contribution is -0.143. The first-order valence-corrected chi connectivity index (χ1v) is 9.77. The molecule has 0 fully saturated rings. The van der Waals surface area contributed by atoms with Crippen LogP contribution in [0.2, 0.25) is 0 Å². The van der Waals surface area contributed by atoms with E-state index in [9.17, 15) is 9.59 Å². The molecule has 0 aromatic heterocycles. The average Bonchev–Trinajstić information content (AvgIpc) is 2.57. The largest absolute Gasteiger partial charge is 0.466 e. The number of carbonyl (C=O) groups is 2. The van der Waals surface area contributed by atoms with E-state index < -0.39 is 0 Å². The predicted molar refractivity (Wildman–Crippen MR) is 97.1 cm³/mol. The molecule has 0 aliphatic carbocycles. The van der Waals surface area contributed by atoms with Crippen LogP contribution in [-0.2, 0) is 14.3 Å². The Balaban J connectivity index is 3.27. The van der Waals surface area contributed by atoms with Crippen molar-refractivity contribution in [2.24, 2.45) is 0 Å². The van der Waals surface area contributed by atoms with Gasteiger partial charge in [0.25, 0.3) is 0 Å². The highest BCUT2D eigenvalue weighted by atomic mass is 16.5. The third-order valence-corrected chi connectivity index (χ3v) is 3.82. The van der Waals surface area contributed by atoms with Crippen LogP contribution in [0.25, 0.3) is 0 Å². The van der Waals surface area contributed by atoms with E-state index in [0.717, 1.165) is 44.9 Å². The lowest BCUT2D eigenvalue weighted by Gasteiger charge is -2.07. The first-order chi connectivity index (χ1) is 11.7. The van der Waals surface area contributed by atoms with Gasteiger partial charge in [0.2, 0.25) is 0 Å². The molecule has 0 aliphatic rings. The van der Waals surface area contributed by atoms with Crippen molar-refractivity contribution in [3.63, 3.8) is 0 Å². The van der Waals surface area contributed by atoms with E-state index in [1.54, 1.807) is 0 Å². The zero-order valence-corrected chi connectivity index (χ0v) is 15.7. The summed E-state index contributed by atoms with van der Waals surface area (Å²) >= 11 is 0. The smallest absolute Gasteiger partial charge is 0.407 e. The maximum atomic E-state index is 11.6. The second-order valence-corrected chi connectivity index (χ2v) is 6.22. The fourth-order valence-corrected chi connectivity index (χ4v) is 2.26. The molecule has 1 N–H and O–H groups in total. The number of carbonyl (C=O) groups excluding carboxylic acids is 2. The summed E-state index contributed by atoms with van der Waals surface area (Å²) in [4.78, 5) is 22.8. The third-order valence-electron chi connectivity index (χ3n) is 3.82. The molecule has 0 bridgehead atoms. The van der Waals surface area contributed by atoms with Crippen LogP contribution in [0.4, 0.5) is 4.79 Å². The summed E-state index contributed by atoms with van der Waals surface area (Å²) in [6.45, 7) is 5.89. The lowest BCUT2D eigenvalue weighted by atomic mass is 10.1. The maximum Gasteiger partial charge on any atom is 0.407 e. The van der Waals surface area contributed by atoms with Crippen LogP contribution in [0.15, 0.2) is 0 Å². The average molecular weight is 344 g/mol. The van der Waals surface area contributed by atoms with E-state index in [-0.39, 0.29) is 12.1 Å². The Bertz CT molecular complexity index is 308. The van der Waals surface area contributed by atoms with E-state index in [0.29, 0.717) is 26.2 Å². The SMILES string of the molecule is CCCCCCCCOC(=O)CCCCCNC(=O)OCCCC. The normalized spacial score (nSPS) is 10.4. The van der Waals surface area contributed by atoms with E-state index in [1.165, 1.54) is 25.7 Å². The number of esters is 1. The summed E-state index contributed by atoms with van der Waals surface area (Å²) in [5.74, 6) is -0.101. The Kier molecular flexibility index (Phi) is 17.1. The molecule has 0 unspecified atom stereocenters. The van der Waals surface area contributed by atoms with Crippen LogP contribution >= 0.6 is 0 Å². The van der Waals surface area contributed by atoms with Crippen molar-refractivity contribution in [1.29, 1.82) is 0 Å². The minimum absolute atomic E-state index is 0.101. The highest BCUT2D eigenvalue weighted by Gasteiger charge is 2.03. The van der Waals surface area contributed by atoms with Crippen molar-refractivity contribution in [2.75, 3.05) is 19.8 Å². The van der Waals surface area contributed by atoms with Crippen LogP contribution in [0.1, 0.15) is 90.9 Å². The molecule has 0 radical (unpaired) electrons. The zero-order chi connectivity index (χ0) is 17.9. The second-order valence-electron chi connectivity index (χ2n) is 6.22. The van der Waals surface area contributed by atoms with Gasteiger partial charge in [-0.25, -0.2) is 4.79 Å². The molecule has 0 aromatic rings. The summed E-state index contributed by atoms with van der Waals surface area (Å²) in [5.41, 5.74) is 0. The van der Waals surface area contributed by atoms with E-state index in [1.807, 2.05) is 0 Å². The summed E-state index contributed by atoms with van der Waals surface area (Å²) in [7, 11) is 0. The number of alkyl carbamates (subject to hydrolysis) is 1. The van der Waals surface area contributed by atoms with Crippen molar-refractivity contribution in [3.8, 4) is 0 Å². The van der Waals surface area contributed by atoms with E-state index >= 15 is 0 Å². The van der Waals surface area contributed by atoms with Crippen molar-refractivity contribution in [2.45, 2.75) is 90.9 Å². The number of unbranched alkanes of at least 4 members (excludes halogenated alkanes) is 8. The Morgan fingerprint density at radius 1 is 0.708 bits per heavy atom. The number of nitrogens with one attached hydrogen (secondary N) is 1. The van der Waals surface area contributed by atoms with Gasteiger partial charge in [-0.1, -0.05) is 58.8 Å². The molecule has 0 saturated heterocycles. The predicted octanol–water partition coefficient (Wildman–Crippen LogP) is 4.98. The maximum absolute atomic E-state index is 11.6. The highest BCUT2D eigenvalue weighted by molar-refractivity contribution is 5.69. The molecular formula is C19H37NO4. The van der Waals surface area contributed by atoms with Crippen molar-refractivity contribution in [1.82, 2.24) is 5.32 Å². The lowest BCUT2D eigenvalue weighted by Crippen LogP contribution is -2.25. The number of amides is 1. The standard InChI is InChI=1S/C19H37NO4/c1-3-5-7-8-9-13-17-23-18(21)14-11-10-12-15-20-19(22)24-16-6-4-2/h3-17H2,1-2H3,(H,20,22). The number of hydrogen-bond donors (Lipinski definition) is 1. The molecule has 0 atom stereocenters. The zero-order valence-electron chi connectivity index (χ0n) is 15.7. The third kappa shape index (κ3) is 17.1. The number of hydrogen-bond acceptors (Lipinski definition) is 4. The van der Waals surface area contributed by atoms with E-state index in [2.05, 4.69) is 19.2 Å². The Labute approximate surface area is 147 Å². The molecule has 1 amide bonds. The molecule has 5 nitrogen and oxygen atoms in total. The Morgan fingerprint density at radius 2 is 1.33 bits per heavy atom. The summed E-state index contributed by atoms with van der Waals surface area (Å²) in [5, 5.41) is 2.72. The van der Waals surface area contributed by atoms with Crippen LogP contribution < -0.4 is 5.32 Å². The molecule has 142 valence electrons. The fraction of sp³-hybridized carbons (Fsp3) is 0.895. The monoisotopic (exact) mass is 343 g/mol. The number of rotatable bonds is 16. The van der Waals surface area contributed by atoms with Crippen molar-refractivity contribution < 1.29 is 19.1 Å². The summed E-state index contributed by atoms with van der Waals surface area (Å²) in [6.07, 6.45) is 11.8. The van der Waals surface area contributed by atoms with Gasteiger partial charge in [0, 0.05) is 13.0 Å². The second kappa shape index (κ2) is 18.1. The minimum atomic E-state index is -0.346. The number of ether oxygens (including phenoxy) is 2. The van der Waals surface area contributed by atoms with Crippen LogP contribution in [0.5, 0.6) is 0 Å². The van der Waals surface area contributed by atoms with Crippen LogP contribution in [0.3, 0.4) is 0 Å². The summed E-state index contributed by atoms with van der Waals surface area (Å²) in [6, 6.07) is 0. The van der Waals surface area contributed by atoms with Gasteiger partial charge < -0.3 is 14.8 Å². The van der Waals surface area contributed by atoms with E-state index in [4.69, 9.17) is 9.47 Å².